The van der Waals surface area contributed by atoms with Gasteiger partial charge in [0.2, 0.25) is 5.91 Å². The molecule has 1 aliphatic heterocycles. The Morgan fingerprint density at radius 2 is 1.82 bits per heavy atom. The van der Waals surface area contributed by atoms with Gasteiger partial charge in [0.05, 0.1) is 0 Å². The van der Waals surface area contributed by atoms with Crippen LogP contribution in [0.25, 0.3) is 0 Å². The third kappa shape index (κ3) is 3.40. The molecular formula is C12H20N4O4S2. The van der Waals surface area contributed by atoms with E-state index >= 15 is 0 Å². The first-order valence-electron chi connectivity index (χ1n) is 6.89. The van der Waals surface area contributed by atoms with Crippen molar-refractivity contribution in [2.45, 2.75) is 20.4 Å². The van der Waals surface area contributed by atoms with Crippen LogP contribution in [0, 0.1) is 13.8 Å². The van der Waals surface area contributed by atoms with Crippen LogP contribution < -0.4 is 9.60 Å². The number of hydrogen-bond acceptors (Lipinski definition) is 5. The van der Waals surface area contributed by atoms with Gasteiger partial charge in [-0.05, 0) is 13.8 Å². The van der Waals surface area contributed by atoms with Crippen LogP contribution in [-0.4, -0.2) is 61.3 Å². The number of hydrogen-bond donors (Lipinski definition) is 1. The number of thiazole rings is 1. The van der Waals surface area contributed by atoms with Crippen molar-refractivity contribution in [3.05, 3.63) is 20.2 Å². The highest BCUT2D eigenvalue weighted by atomic mass is 32.2. The summed E-state index contributed by atoms with van der Waals surface area (Å²) in [5, 5.41) is 0. The second kappa shape index (κ2) is 6.49. The lowest BCUT2D eigenvalue weighted by Crippen LogP contribution is -2.53. The summed E-state index contributed by atoms with van der Waals surface area (Å²) >= 11 is 1.13. The van der Waals surface area contributed by atoms with E-state index in [2.05, 4.69) is 4.72 Å². The zero-order chi connectivity index (χ0) is 16.5. The van der Waals surface area contributed by atoms with Crippen molar-refractivity contribution >= 4 is 27.5 Å². The number of carbonyl (C=O) groups is 1. The van der Waals surface area contributed by atoms with Crippen LogP contribution in [-0.2, 0) is 21.5 Å². The molecule has 2 heterocycles. The van der Waals surface area contributed by atoms with Crippen LogP contribution in [0.3, 0.4) is 0 Å². The van der Waals surface area contributed by atoms with Gasteiger partial charge in [-0.1, -0.05) is 11.3 Å². The first-order valence-corrected chi connectivity index (χ1v) is 9.15. The Balaban J connectivity index is 2.00. The minimum Gasteiger partial charge on any atom is -0.338 e. The monoisotopic (exact) mass is 348 g/mol. The summed E-state index contributed by atoms with van der Waals surface area (Å²) in [6.45, 7) is 4.85. The predicted molar refractivity (Wildman–Crippen MR) is 84.2 cm³/mol. The molecule has 0 spiro atoms. The van der Waals surface area contributed by atoms with Gasteiger partial charge < -0.3 is 4.90 Å². The first kappa shape index (κ1) is 17.1. The number of aryl methyl sites for hydroxylation is 1. The van der Waals surface area contributed by atoms with E-state index in [1.807, 2.05) is 13.8 Å². The van der Waals surface area contributed by atoms with E-state index in [1.54, 1.807) is 4.90 Å². The third-order valence-electron chi connectivity index (χ3n) is 3.86. The zero-order valence-electron chi connectivity index (χ0n) is 12.8. The van der Waals surface area contributed by atoms with Crippen LogP contribution in [0.2, 0.25) is 0 Å². The Bertz CT molecular complexity index is 714. The number of amides is 1. The lowest BCUT2D eigenvalue weighted by molar-refractivity contribution is -0.133. The average Bonchev–Trinajstić information content (AvgIpc) is 2.73. The number of nitrogens with one attached hydrogen (secondary N) is 1. The summed E-state index contributed by atoms with van der Waals surface area (Å²) in [5.41, 5.74) is 0.805. The van der Waals surface area contributed by atoms with Gasteiger partial charge in [-0.15, -0.1) is 0 Å². The summed E-state index contributed by atoms with van der Waals surface area (Å²) in [6, 6.07) is 0. The number of aromatic nitrogens is 1. The molecule has 0 radical (unpaired) electrons. The van der Waals surface area contributed by atoms with Crippen molar-refractivity contribution in [1.29, 1.82) is 0 Å². The summed E-state index contributed by atoms with van der Waals surface area (Å²) in [4.78, 5) is 26.5. The van der Waals surface area contributed by atoms with Gasteiger partial charge in [-0.2, -0.15) is 12.7 Å². The molecular weight excluding hydrogens is 328 g/mol. The van der Waals surface area contributed by atoms with E-state index in [4.69, 9.17) is 0 Å². The number of carbonyl (C=O) groups excluding carboxylic acids is 1. The molecule has 0 aromatic carbocycles. The summed E-state index contributed by atoms with van der Waals surface area (Å²) in [7, 11) is -2.09. The normalized spacial score (nSPS) is 17.0. The molecule has 124 valence electrons. The Morgan fingerprint density at radius 1 is 1.23 bits per heavy atom. The molecule has 1 aromatic heterocycles. The van der Waals surface area contributed by atoms with Crippen LogP contribution in [0.4, 0.5) is 0 Å². The smallest absolute Gasteiger partial charge is 0.308 e. The Kier molecular flexibility index (Phi) is 5.05. The van der Waals surface area contributed by atoms with Gasteiger partial charge in [0.1, 0.15) is 6.54 Å². The second-order valence-electron chi connectivity index (χ2n) is 5.08. The lowest BCUT2D eigenvalue weighted by Gasteiger charge is -2.33. The number of piperazine rings is 1. The van der Waals surface area contributed by atoms with Gasteiger partial charge in [-0.3, -0.25) is 14.2 Å². The molecule has 1 amide bonds. The quantitative estimate of drug-likeness (QED) is 0.766. The summed E-state index contributed by atoms with van der Waals surface area (Å²) < 4.78 is 28.4. The zero-order valence-corrected chi connectivity index (χ0v) is 14.5. The minimum atomic E-state index is -3.45. The van der Waals surface area contributed by atoms with Crippen molar-refractivity contribution in [2.24, 2.45) is 0 Å². The largest absolute Gasteiger partial charge is 0.338 e. The van der Waals surface area contributed by atoms with Crippen LogP contribution in [0.1, 0.15) is 10.6 Å². The highest BCUT2D eigenvalue weighted by molar-refractivity contribution is 7.87. The molecule has 8 nitrogen and oxygen atoms in total. The van der Waals surface area contributed by atoms with Crippen molar-refractivity contribution in [2.75, 3.05) is 33.2 Å². The van der Waals surface area contributed by atoms with Crippen molar-refractivity contribution in [3.63, 3.8) is 0 Å². The molecule has 1 saturated heterocycles. The predicted octanol–water partition coefficient (Wildman–Crippen LogP) is -0.865. The minimum absolute atomic E-state index is 0.00772. The maximum atomic E-state index is 12.3. The highest BCUT2D eigenvalue weighted by Crippen LogP contribution is 2.11. The Hall–Kier alpha value is -1.23. The van der Waals surface area contributed by atoms with E-state index in [0.717, 1.165) is 21.9 Å². The maximum Gasteiger partial charge on any atom is 0.308 e. The van der Waals surface area contributed by atoms with Gasteiger partial charge in [0.25, 0.3) is 10.2 Å². The lowest BCUT2D eigenvalue weighted by atomic mass is 10.3. The van der Waals surface area contributed by atoms with Crippen LogP contribution in [0.5, 0.6) is 0 Å². The number of rotatable bonds is 4. The molecule has 0 atom stereocenters. The molecule has 2 rings (SSSR count). The molecule has 0 aliphatic carbocycles. The molecule has 22 heavy (non-hydrogen) atoms. The molecule has 0 bridgehead atoms. The van der Waals surface area contributed by atoms with Crippen LogP contribution >= 0.6 is 11.3 Å². The molecule has 1 aromatic rings. The molecule has 0 unspecified atom stereocenters. The second-order valence-corrected chi connectivity index (χ2v) is 8.13. The Labute approximate surface area is 133 Å². The van der Waals surface area contributed by atoms with E-state index in [9.17, 15) is 18.0 Å². The summed E-state index contributed by atoms with van der Waals surface area (Å²) in [5.74, 6) is -0.162. The topological polar surface area (TPSA) is 91.7 Å². The highest BCUT2D eigenvalue weighted by Gasteiger charge is 2.28. The SMILES string of the molecule is CNS(=O)(=O)N1CCN(C(=O)Cn2c(C)c(C)sc2=O)CC1. The maximum absolute atomic E-state index is 12.3. The van der Waals surface area contributed by atoms with Crippen molar-refractivity contribution in [3.8, 4) is 0 Å². The molecule has 1 fully saturated rings. The Morgan fingerprint density at radius 3 is 2.27 bits per heavy atom. The van der Waals surface area contributed by atoms with Crippen molar-refractivity contribution < 1.29 is 13.2 Å². The van der Waals surface area contributed by atoms with E-state index in [1.165, 1.54) is 15.9 Å². The van der Waals surface area contributed by atoms with Gasteiger partial charge in [0, 0.05) is 43.8 Å². The third-order valence-corrected chi connectivity index (χ3v) is 6.42. The van der Waals surface area contributed by atoms with E-state index in [-0.39, 0.29) is 30.4 Å². The number of nitrogens with zero attached hydrogens (tertiary/aromatic N) is 3. The first-order chi connectivity index (χ1) is 10.3. The average molecular weight is 348 g/mol. The molecule has 10 heteroatoms. The van der Waals surface area contributed by atoms with Crippen LogP contribution in [0.15, 0.2) is 4.79 Å². The standard InChI is InChI=1S/C12H20N4O4S2/c1-9-10(2)21-12(18)16(9)8-11(17)14-4-6-15(7-5-14)22(19,20)13-3/h13H,4-8H2,1-3H3. The molecule has 1 N–H and O–H groups in total. The van der Waals surface area contributed by atoms with Gasteiger partial charge in [0.15, 0.2) is 0 Å². The van der Waals surface area contributed by atoms with E-state index in [0.29, 0.717) is 13.1 Å². The molecule has 0 saturated carbocycles. The van der Waals surface area contributed by atoms with Crippen molar-refractivity contribution in [1.82, 2.24) is 18.5 Å². The van der Waals surface area contributed by atoms with Gasteiger partial charge >= 0.3 is 4.87 Å². The fourth-order valence-corrected chi connectivity index (χ4v) is 4.05. The summed E-state index contributed by atoms with van der Waals surface area (Å²) in [6.07, 6.45) is 0. The molecule has 1 aliphatic rings. The fourth-order valence-electron chi connectivity index (χ4n) is 2.31. The van der Waals surface area contributed by atoms with Gasteiger partial charge in [-0.25, -0.2) is 4.72 Å². The van der Waals surface area contributed by atoms with E-state index < -0.39 is 10.2 Å². The fraction of sp³-hybridized carbons (Fsp3) is 0.667.